The van der Waals surface area contributed by atoms with Crippen molar-refractivity contribution in [3.63, 3.8) is 0 Å². The summed E-state index contributed by atoms with van der Waals surface area (Å²) in [5, 5.41) is 12.8. The molecule has 0 heterocycles. The maximum absolute atomic E-state index is 13.2. The van der Waals surface area contributed by atoms with Crippen LogP contribution in [0, 0.1) is 11.6 Å². The van der Waals surface area contributed by atoms with E-state index in [0.29, 0.717) is 11.1 Å². The number of nitrogens with two attached hydrogens (primary N) is 1. The summed E-state index contributed by atoms with van der Waals surface area (Å²) in [4.78, 5) is 12.2. The Morgan fingerprint density at radius 1 is 1.23 bits per heavy atom. The number of carbonyl (C=O) groups is 1. The fourth-order valence-electron chi connectivity index (χ4n) is 2.69. The van der Waals surface area contributed by atoms with E-state index in [9.17, 15) is 18.7 Å². The van der Waals surface area contributed by atoms with Crippen molar-refractivity contribution in [3.05, 3.63) is 64.7 Å². The topological polar surface area (TPSA) is 75.4 Å². The quantitative estimate of drug-likeness (QED) is 0.742. The highest BCUT2D eigenvalue weighted by Crippen LogP contribution is 2.32. The summed E-state index contributed by atoms with van der Waals surface area (Å²) in [5.74, 6) is -1.46. The van der Waals surface area contributed by atoms with Crippen LogP contribution in [0.25, 0.3) is 0 Å². The molecule has 0 aliphatic heterocycles. The monoisotopic (exact) mass is 304 g/mol. The van der Waals surface area contributed by atoms with Gasteiger partial charge in [0.15, 0.2) is 0 Å². The number of rotatable bonds is 2. The van der Waals surface area contributed by atoms with Gasteiger partial charge >= 0.3 is 0 Å². The summed E-state index contributed by atoms with van der Waals surface area (Å²) >= 11 is 0. The van der Waals surface area contributed by atoms with Gasteiger partial charge in [-0.2, -0.15) is 0 Å². The van der Waals surface area contributed by atoms with E-state index in [4.69, 9.17) is 5.73 Å². The maximum Gasteiger partial charge on any atom is 0.251 e. The smallest absolute Gasteiger partial charge is 0.251 e. The van der Waals surface area contributed by atoms with Crippen LogP contribution < -0.4 is 11.1 Å². The zero-order chi connectivity index (χ0) is 15.9. The van der Waals surface area contributed by atoms with E-state index in [1.807, 2.05) is 0 Å². The zero-order valence-electron chi connectivity index (χ0n) is 11.5. The van der Waals surface area contributed by atoms with Crippen LogP contribution in [0.1, 0.15) is 27.5 Å². The molecule has 2 unspecified atom stereocenters. The van der Waals surface area contributed by atoms with E-state index < -0.39 is 23.9 Å². The highest BCUT2D eigenvalue weighted by atomic mass is 19.1. The summed E-state index contributed by atoms with van der Waals surface area (Å²) in [6.45, 7) is 0. The molecule has 0 spiro atoms. The molecule has 3 rings (SSSR count). The van der Waals surface area contributed by atoms with Crippen molar-refractivity contribution < 1.29 is 18.7 Å². The molecule has 114 valence electrons. The Kier molecular flexibility index (Phi) is 3.54. The molecule has 1 aliphatic rings. The second-order valence-corrected chi connectivity index (χ2v) is 5.30. The minimum absolute atomic E-state index is 0.123. The van der Waals surface area contributed by atoms with Crippen molar-refractivity contribution in [2.24, 2.45) is 0 Å². The van der Waals surface area contributed by atoms with Gasteiger partial charge in [-0.25, -0.2) is 8.78 Å². The average Bonchev–Trinajstić information content (AvgIpc) is 2.77. The van der Waals surface area contributed by atoms with Crippen molar-refractivity contribution in [1.82, 2.24) is 5.32 Å². The van der Waals surface area contributed by atoms with Crippen molar-refractivity contribution in [3.8, 4) is 0 Å². The number of amides is 1. The molecular formula is C16H14F2N2O2. The first-order valence-corrected chi connectivity index (χ1v) is 6.78. The molecule has 0 bridgehead atoms. The lowest BCUT2D eigenvalue weighted by Crippen LogP contribution is -2.33. The van der Waals surface area contributed by atoms with Crippen LogP contribution in [0.4, 0.5) is 14.5 Å². The number of halogens is 2. The molecule has 22 heavy (non-hydrogen) atoms. The molecule has 4 nitrogen and oxygen atoms in total. The van der Waals surface area contributed by atoms with Crippen LogP contribution in [0.2, 0.25) is 0 Å². The van der Waals surface area contributed by atoms with E-state index in [0.717, 1.165) is 6.07 Å². The highest BCUT2D eigenvalue weighted by molar-refractivity contribution is 5.95. The molecule has 0 fully saturated rings. The van der Waals surface area contributed by atoms with Gasteiger partial charge in [0.1, 0.15) is 11.6 Å². The summed E-state index contributed by atoms with van der Waals surface area (Å²) in [6, 6.07) is 7.20. The van der Waals surface area contributed by atoms with Gasteiger partial charge in [-0.3, -0.25) is 4.79 Å². The van der Waals surface area contributed by atoms with E-state index in [1.54, 1.807) is 6.07 Å². The van der Waals surface area contributed by atoms with Crippen molar-refractivity contribution >= 4 is 11.6 Å². The van der Waals surface area contributed by atoms with Crippen LogP contribution in [-0.2, 0) is 6.42 Å². The first-order chi connectivity index (χ1) is 10.5. The SMILES string of the molecule is Nc1cc(C(=O)NC2c3ccc(F)cc3CC2O)ccc1F. The summed E-state index contributed by atoms with van der Waals surface area (Å²) < 4.78 is 26.3. The molecule has 2 atom stereocenters. The van der Waals surface area contributed by atoms with Gasteiger partial charge in [0.05, 0.1) is 17.8 Å². The van der Waals surface area contributed by atoms with Crippen molar-refractivity contribution in [2.45, 2.75) is 18.6 Å². The molecule has 1 amide bonds. The van der Waals surface area contributed by atoms with Gasteiger partial charge in [0, 0.05) is 12.0 Å². The van der Waals surface area contributed by atoms with E-state index >= 15 is 0 Å². The third-order valence-electron chi connectivity index (χ3n) is 3.80. The summed E-state index contributed by atoms with van der Waals surface area (Å²) in [7, 11) is 0. The lowest BCUT2D eigenvalue weighted by Gasteiger charge is -2.18. The number of nitrogen functional groups attached to an aromatic ring is 1. The van der Waals surface area contributed by atoms with Gasteiger partial charge in [-0.15, -0.1) is 0 Å². The number of fused-ring (bicyclic) bond motifs is 1. The second kappa shape index (κ2) is 5.38. The fraction of sp³-hybridized carbons (Fsp3) is 0.188. The molecule has 0 saturated carbocycles. The van der Waals surface area contributed by atoms with Crippen molar-refractivity contribution in [1.29, 1.82) is 0 Å². The molecule has 6 heteroatoms. The predicted octanol–water partition coefficient (Wildman–Crippen LogP) is 1.94. The maximum atomic E-state index is 13.2. The van der Waals surface area contributed by atoms with E-state index in [1.165, 1.54) is 24.3 Å². The minimum Gasteiger partial charge on any atom is -0.396 e. The Morgan fingerprint density at radius 2 is 2.00 bits per heavy atom. The van der Waals surface area contributed by atoms with E-state index in [-0.39, 0.29) is 23.5 Å². The second-order valence-electron chi connectivity index (χ2n) is 5.30. The van der Waals surface area contributed by atoms with Gasteiger partial charge < -0.3 is 16.2 Å². The zero-order valence-corrected chi connectivity index (χ0v) is 11.5. The Bertz CT molecular complexity index is 749. The van der Waals surface area contributed by atoms with Gasteiger partial charge in [0.25, 0.3) is 5.91 Å². The first kappa shape index (κ1) is 14.5. The number of benzene rings is 2. The fourth-order valence-corrected chi connectivity index (χ4v) is 2.69. The van der Waals surface area contributed by atoms with Crippen LogP contribution in [0.3, 0.4) is 0 Å². The average molecular weight is 304 g/mol. The molecule has 0 aromatic heterocycles. The number of carbonyl (C=O) groups excluding carboxylic acids is 1. The lowest BCUT2D eigenvalue weighted by molar-refractivity contribution is 0.0858. The van der Waals surface area contributed by atoms with Gasteiger partial charge in [0.2, 0.25) is 0 Å². The number of hydrogen-bond donors (Lipinski definition) is 3. The van der Waals surface area contributed by atoms with Crippen LogP contribution in [0.15, 0.2) is 36.4 Å². The van der Waals surface area contributed by atoms with Gasteiger partial charge in [-0.1, -0.05) is 6.07 Å². The Hall–Kier alpha value is -2.47. The minimum atomic E-state index is -0.835. The molecule has 0 saturated heterocycles. The third kappa shape index (κ3) is 2.53. The van der Waals surface area contributed by atoms with Gasteiger partial charge in [-0.05, 0) is 41.5 Å². The molecular weight excluding hydrogens is 290 g/mol. The third-order valence-corrected chi connectivity index (χ3v) is 3.80. The highest BCUT2D eigenvalue weighted by Gasteiger charge is 2.32. The first-order valence-electron chi connectivity index (χ1n) is 6.78. The van der Waals surface area contributed by atoms with Crippen molar-refractivity contribution in [2.75, 3.05) is 5.73 Å². The predicted molar refractivity (Wildman–Crippen MR) is 77.1 cm³/mol. The molecule has 1 aliphatic carbocycles. The summed E-state index contributed by atoms with van der Waals surface area (Å²) in [6.07, 6.45) is -0.567. The molecule has 2 aromatic carbocycles. The molecule has 2 aromatic rings. The van der Waals surface area contributed by atoms with Crippen LogP contribution in [-0.4, -0.2) is 17.1 Å². The number of aliphatic hydroxyl groups excluding tert-OH is 1. The number of anilines is 1. The molecule has 4 N–H and O–H groups in total. The Labute approximate surface area is 125 Å². The lowest BCUT2D eigenvalue weighted by atomic mass is 10.1. The number of nitrogens with one attached hydrogen (secondary N) is 1. The van der Waals surface area contributed by atoms with Crippen LogP contribution in [0.5, 0.6) is 0 Å². The Morgan fingerprint density at radius 3 is 2.73 bits per heavy atom. The van der Waals surface area contributed by atoms with Crippen LogP contribution >= 0.6 is 0 Å². The Balaban J connectivity index is 1.84. The normalized spacial score (nSPS) is 19.8. The summed E-state index contributed by atoms with van der Waals surface area (Å²) in [5.41, 5.74) is 6.86. The van der Waals surface area contributed by atoms with E-state index in [2.05, 4.69) is 5.32 Å². The standard InChI is InChI=1S/C16H14F2N2O2/c17-10-2-3-11-9(5-10)7-14(21)15(11)20-16(22)8-1-4-12(18)13(19)6-8/h1-6,14-15,21H,7,19H2,(H,20,22). The number of hydrogen-bond acceptors (Lipinski definition) is 3. The largest absolute Gasteiger partial charge is 0.396 e. The number of aliphatic hydroxyl groups is 1. The molecule has 0 radical (unpaired) electrons.